The number of carbonyl (C=O) groups is 1. The average molecular weight is 243 g/mol. The first-order valence-corrected chi connectivity index (χ1v) is 6.30. The molecule has 0 saturated heterocycles. The van der Waals surface area contributed by atoms with Gasteiger partial charge < -0.3 is 10.4 Å². The quantitative estimate of drug-likeness (QED) is 0.794. The van der Waals surface area contributed by atoms with Crippen LogP contribution in [0.2, 0.25) is 0 Å². The van der Waals surface area contributed by atoms with Crippen LogP contribution in [0, 0.1) is 11.8 Å². The molecule has 0 spiro atoms. The van der Waals surface area contributed by atoms with Gasteiger partial charge in [-0.2, -0.15) is 0 Å². The van der Waals surface area contributed by atoms with Crippen molar-refractivity contribution >= 4 is 5.91 Å². The molecule has 0 unspecified atom stereocenters. The normalized spacial score (nSPS) is 14.3. The van der Waals surface area contributed by atoms with Gasteiger partial charge in [0.05, 0.1) is 6.61 Å². The predicted octanol–water partition coefficient (Wildman–Crippen LogP) is 1.70. The van der Waals surface area contributed by atoms with E-state index in [9.17, 15) is 4.79 Å². The number of aliphatic hydroxyl groups is 1. The Balaban J connectivity index is 2.02. The summed E-state index contributed by atoms with van der Waals surface area (Å²) in [6.45, 7) is 0.0643. The van der Waals surface area contributed by atoms with Crippen molar-refractivity contribution in [2.75, 3.05) is 6.61 Å². The molecule has 1 fully saturated rings. The van der Waals surface area contributed by atoms with Crippen LogP contribution >= 0.6 is 0 Å². The minimum absolute atomic E-state index is 0.0227. The van der Waals surface area contributed by atoms with Crippen LogP contribution < -0.4 is 5.32 Å². The highest BCUT2D eigenvalue weighted by Crippen LogP contribution is 2.18. The van der Waals surface area contributed by atoms with Gasteiger partial charge in [-0.3, -0.25) is 4.79 Å². The second-order valence-corrected chi connectivity index (χ2v) is 4.46. The highest BCUT2D eigenvalue weighted by Gasteiger charge is 2.19. The van der Waals surface area contributed by atoms with Crippen molar-refractivity contribution in [3.8, 4) is 11.8 Å². The Bertz CT molecular complexity index is 481. The average Bonchev–Trinajstić information content (AvgIpc) is 2.34. The number of benzene rings is 1. The SMILES string of the molecule is O=C(NC1CCC1)c1cccc(C#CCCO)c1. The van der Waals surface area contributed by atoms with Crippen molar-refractivity contribution in [1.82, 2.24) is 5.32 Å². The molecule has 1 aliphatic carbocycles. The van der Waals surface area contributed by atoms with Crippen LogP contribution in [0.4, 0.5) is 0 Å². The first-order chi connectivity index (χ1) is 8.79. The number of carbonyl (C=O) groups excluding carboxylic acids is 1. The van der Waals surface area contributed by atoms with E-state index in [1.165, 1.54) is 6.42 Å². The number of hydrogen-bond acceptors (Lipinski definition) is 2. The summed E-state index contributed by atoms with van der Waals surface area (Å²) in [7, 11) is 0. The fraction of sp³-hybridized carbons (Fsp3) is 0.400. The predicted molar refractivity (Wildman–Crippen MR) is 70.1 cm³/mol. The molecule has 2 N–H and O–H groups in total. The van der Waals surface area contributed by atoms with E-state index in [2.05, 4.69) is 17.2 Å². The van der Waals surface area contributed by atoms with Gasteiger partial charge in [0, 0.05) is 23.6 Å². The van der Waals surface area contributed by atoms with Gasteiger partial charge in [0.1, 0.15) is 0 Å². The van der Waals surface area contributed by atoms with Crippen LogP contribution in [-0.2, 0) is 0 Å². The first-order valence-electron chi connectivity index (χ1n) is 6.30. The van der Waals surface area contributed by atoms with Gasteiger partial charge in [-0.25, -0.2) is 0 Å². The third kappa shape index (κ3) is 3.35. The third-order valence-electron chi connectivity index (χ3n) is 3.03. The molecule has 3 heteroatoms. The number of aliphatic hydroxyl groups excluding tert-OH is 1. The number of nitrogens with one attached hydrogen (secondary N) is 1. The Morgan fingerprint density at radius 2 is 2.28 bits per heavy atom. The molecular formula is C15H17NO2. The van der Waals surface area contributed by atoms with Gasteiger partial charge in [-0.05, 0) is 37.5 Å². The molecule has 1 amide bonds. The van der Waals surface area contributed by atoms with Crippen LogP contribution in [0.3, 0.4) is 0 Å². The lowest BCUT2D eigenvalue weighted by Crippen LogP contribution is -2.39. The number of rotatable bonds is 3. The van der Waals surface area contributed by atoms with Crippen LogP contribution in [0.5, 0.6) is 0 Å². The maximum Gasteiger partial charge on any atom is 0.251 e. The van der Waals surface area contributed by atoms with E-state index in [0.717, 1.165) is 18.4 Å². The first kappa shape index (κ1) is 12.7. The molecule has 0 heterocycles. The van der Waals surface area contributed by atoms with Gasteiger partial charge in [0.15, 0.2) is 0 Å². The molecule has 0 bridgehead atoms. The Labute approximate surface area is 107 Å². The van der Waals surface area contributed by atoms with E-state index < -0.39 is 0 Å². The molecular weight excluding hydrogens is 226 g/mol. The van der Waals surface area contributed by atoms with Gasteiger partial charge in [0.2, 0.25) is 0 Å². The number of hydrogen-bond donors (Lipinski definition) is 2. The fourth-order valence-electron chi connectivity index (χ4n) is 1.78. The van der Waals surface area contributed by atoms with Crippen LogP contribution in [-0.4, -0.2) is 23.7 Å². The van der Waals surface area contributed by atoms with Crippen molar-refractivity contribution in [2.45, 2.75) is 31.7 Å². The lowest BCUT2D eigenvalue weighted by molar-refractivity contribution is 0.0917. The molecule has 0 aromatic heterocycles. The number of amides is 1. The van der Waals surface area contributed by atoms with Crippen LogP contribution in [0.15, 0.2) is 24.3 Å². The maximum absolute atomic E-state index is 11.9. The molecule has 3 nitrogen and oxygen atoms in total. The van der Waals surface area contributed by atoms with Crippen molar-refractivity contribution < 1.29 is 9.90 Å². The minimum Gasteiger partial charge on any atom is -0.395 e. The van der Waals surface area contributed by atoms with Crippen LogP contribution in [0.1, 0.15) is 41.6 Å². The third-order valence-corrected chi connectivity index (χ3v) is 3.03. The maximum atomic E-state index is 11.9. The zero-order valence-corrected chi connectivity index (χ0v) is 10.3. The second kappa shape index (κ2) is 6.23. The zero-order chi connectivity index (χ0) is 12.8. The van der Waals surface area contributed by atoms with Gasteiger partial charge in [-0.15, -0.1) is 0 Å². The van der Waals surface area contributed by atoms with E-state index in [1.807, 2.05) is 12.1 Å². The molecule has 1 aromatic carbocycles. The molecule has 1 aromatic rings. The largest absolute Gasteiger partial charge is 0.395 e. The molecule has 0 atom stereocenters. The van der Waals surface area contributed by atoms with Crippen molar-refractivity contribution in [2.24, 2.45) is 0 Å². The summed E-state index contributed by atoms with van der Waals surface area (Å²) >= 11 is 0. The lowest BCUT2D eigenvalue weighted by Gasteiger charge is -2.26. The van der Waals surface area contributed by atoms with Crippen molar-refractivity contribution in [3.05, 3.63) is 35.4 Å². The minimum atomic E-state index is -0.0227. The highest BCUT2D eigenvalue weighted by molar-refractivity contribution is 5.94. The summed E-state index contributed by atoms with van der Waals surface area (Å²) in [4.78, 5) is 11.9. The van der Waals surface area contributed by atoms with E-state index in [0.29, 0.717) is 18.0 Å². The second-order valence-electron chi connectivity index (χ2n) is 4.46. The Kier molecular flexibility index (Phi) is 4.38. The Morgan fingerprint density at radius 3 is 2.94 bits per heavy atom. The van der Waals surface area contributed by atoms with E-state index in [4.69, 9.17) is 5.11 Å². The Morgan fingerprint density at radius 1 is 1.44 bits per heavy atom. The summed E-state index contributed by atoms with van der Waals surface area (Å²) < 4.78 is 0. The molecule has 18 heavy (non-hydrogen) atoms. The molecule has 2 rings (SSSR count). The molecule has 0 radical (unpaired) electrons. The van der Waals surface area contributed by atoms with Crippen molar-refractivity contribution in [3.63, 3.8) is 0 Å². The molecule has 1 aliphatic rings. The van der Waals surface area contributed by atoms with E-state index in [1.54, 1.807) is 12.1 Å². The highest BCUT2D eigenvalue weighted by atomic mass is 16.2. The van der Waals surface area contributed by atoms with E-state index in [-0.39, 0.29) is 12.5 Å². The molecule has 94 valence electrons. The monoisotopic (exact) mass is 243 g/mol. The smallest absolute Gasteiger partial charge is 0.251 e. The lowest BCUT2D eigenvalue weighted by atomic mass is 9.93. The summed E-state index contributed by atoms with van der Waals surface area (Å²) in [5.41, 5.74) is 1.46. The summed E-state index contributed by atoms with van der Waals surface area (Å²) in [6, 6.07) is 7.63. The standard InChI is InChI=1S/C15H17NO2/c17-10-2-1-5-12-6-3-7-13(11-12)15(18)16-14-8-4-9-14/h3,6-7,11,14,17H,2,4,8-10H2,(H,16,18). The fourth-order valence-corrected chi connectivity index (χ4v) is 1.78. The van der Waals surface area contributed by atoms with Crippen molar-refractivity contribution in [1.29, 1.82) is 0 Å². The van der Waals surface area contributed by atoms with E-state index >= 15 is 0 Å². The topological polar surface area (TPSA) is 49.3 Å². The van der Waals surface area contributed by atoms with Crippen LogP contribution in [0.25, 0.3) is 0 Å². The van der Waals surface area contributed by atoms with Gasteiger partial charge in [0.25, 0.3) is 5.91 Å². The van der Waals surface area contributed by atoms with Gasteiger partial charge in [-0.1, -0.05) is 17.9 Å². The zero-order valence-electron chi connectivity index (χ0n) is 10.3. The Hall–Kier alpha value is -1.79. The molecule has 1 saturated carbocycles. The van der Waals surface area contributed by atoms with Gasteiger partial charge >= 0.3 is 0 Å². The summed E-state index contributed by atoms with van der Waals surface area (Å²) in [6.07, 6.45) is 3.83. The summed E-state index contributed by atoms with van der Waals surface area (Å²) in [5.74, 6) is 5.76. The molecule has 0 aliphatic heterocycles. The summed E-state index contributed by atoms with van der Waals surface area (Å²) in [5, 5.41) is 11.7.